The highest BCUT2D eigenvalue weighted by Crippen LogP contribution is 2.49. The average Bonchev–Trinajstić information content (AvgIpc) is 3.06. The molecule has 2 atom stereocenters. The van der Waals surface area contributed by atoms with Gasteiger partial charge in [-0.1, -0.05) is 11.6 Å². The third-order valence-corrected chi connectivity index (χ3v) is 6.19. The van der Waals surface area contributed by atoms with Crippen molar-refractivity contribution in [2.45, 2.75) is 49.7 Å². The summed E-state index contributed by atoms with van der Waals surface area (Å²) in [6.07, 6.45) is 2.59. The predicted molar refractivity (Wildman–Crippen MR) is 106 cm³/mol. The molecular weight excluding hydrogens is 398 g/mol. The van der Waals surface area contributed by atoms with Crippen LogP contribution in [-0.4, -0.2) is 39.7 Å². The number of hydrogen-bond donors (Lipinski definition) is 0. The lowest BCUT2D eigenvalue weighted by Gasteiger charge is -2.37. The van der Waals surface area contributed by atoms with Gasteiger partial charge in [0.1, 0.15) is 17.4 Å². The highest BCUT2D eigenvalue weighted by molar-refractivity contribution is 6.31. The minimum atomic E-state index is -2.63. The van der Waals surface area contributed by atoms with E-state index in [0.717, 1.165) is 22.8 Å². The molecule has 8 heteroatoms. The van der Waals surface area contributed by atoms with Crippen molar-refractivity contribution in [1.29, 1.82) is 0 Å². The van der Waals surface area contributed by atoms with E-state index >= 15 is 0 Å². The highest BCUT2D eigenvalue weighted by Gasteiger charge is 2.48. The van der Waals surface area contributed by atoms with Crippen molar-refractivity contribution >= 4 is 33.5 Å². The summed E-state index contributed by atoms with van der Waals surface area (Å²) in [5, 5.41) is 1.46. The second-order valence-electron chi connectivity index (χ2n) is 7.97. The van der Waals surface area contributed by atoms with Gasteiger partial charge in [0.25, 0.3) is 0 Å². The van der Waals surface area contributed by atoms with E-state index in [2.05, 4.69) is 14.4 Å². The van der Waals surface area contributed by atoms with Crippen LogP contribution in [-0.2, 0) is 4.74 Å². The van der Waals surface area contributed by atoms with E-state index in [4.69, 9.17) is 27.9 Å². The van der Waals surface area contributed by atoms with Gasteiger partial charge < -0.3 is 14.1 Å². The van der Waals surface area contributed by atoms with Crippen molar-refractivity contribution in [3.8, 4) is 0 Å². The van der Waals surface area contributed by atoms with Gasteiger partial charge in [-0.2, -0.15) is 0 Å². The highest BCUT2D eigenvalue weighted by atomic mass is 35.5. The van der Waals surface area contributed by atoms with E-state index < -0.39 is 5.92 Å². The average molecular weight is 417 g/mol. The van der Waals surface area contributed by atoms with E-state index in [9.17, 15) is 8.78 Å². The van der Waals surface area contributed by atoms with Crippen LogP contribution in [0.1, 0.15) is 43.5 Å². The molecule has 2 aliphatic rings. The van der Waals surface area contributed by atoms with E-state index in [1.54, 1.807) is 12.3 Å². The molecule has 0 amide bonds. The fourth-order valence-electron chi connectivity index (χ4n) is 4.59. The molecule has 1 aromatic carbocycles. The summed E-state index contributed by atoms with van der Waals surface area (Å²) >= 11 is 6.26. The molecule has 0 spiro atoms. The molecule has 2 aromatic heterocycles. The Labute approximate surface area is 171 Å². The molecule has 29 heavy (non-hydrogen) atoms. The number of ether oxygens (including phenoxy) is 1. The Morgan fingerprint density at radius 2 is 2.14 bits per heavy atom. The molecule has 150 valence electrons. The molecule has 1 saturated carbocycles. The van der Waals surface area contributed by atoms with Crippen molar-refractivity contribution in [3.05, 3.63) is 46.7 Å². The molecule has 1 aliphatic heterocycles. The zero-order chi connectivity index (χ0) is 20.2. The first-order chi connectivity index (χ1) is 13.9. The second-order valence-corrected chi connectivity index (χ2v) is 8.40. The monoisotopic (exact) mass is 416 g/mol. The Morgan fingerprint density at radius 3 is 2.90 bits per heavy atom. The van der Waals surface area contributed by atoms with Gasteiger partial charge in [-0.25, -0.2) is 20.3 Å². The first kappa shape index (κ1) is 18.7. The molecule has 1 aliphatic carbocycles. The van der Waals surface area contributed by atoms with Gasteiger partial charge in [-0.15, -0.1) is 0 Å². The molecule has 3 aromatic rings. The van der Waals surface area contributed by atoms with Crippen molar-refractivity contribution in [2.24, 2.45) is 0 Å². The number of fused-ring (bicyclic) bond motifs is 3. The van der Waals surface area contributed by atoms with Crippen LogP contribution in [0.5, 0.6) is 0 Å². The van der Waals surface area contributed by atoms with Crippen molar-refractivity contribution in [3.63, 3.8) is 0 Å². The SMILES string of the molecule is [C-]#[N+]C[C@@H]1C[C@H](n2c(C3CC(F)(F)C3)nc3cnc4ccc(Cl)cc4c32)CCO1. The molecule has 2 fully saturated rings. The topological polar surface area (TPSA) is 44.3 Å². The molecular formula is C21H19ClF2N4O. The summed E-state index contributed by atoms with van der Waals surface area (Å²) < 4.78 is 35.2. The quantitative estimate of drug-likeness (QED) is 0.538. The molecule has 0 unspecified atom stereocenters. The Bertz CT molecular complexity index is 1130. The summed E-state index contributed by atoms with van der Waals surface area (Å²) in [6, 6.07) is 5.54. The van der Waals surface area contributed by atoms with Crippen LogP contribution in [0, 0.1) is 6.57 Å². The Morgan fingerprint density at radius 1 is 1.31 bits per heavy atom. The van der Waals surface area contributed by atoms with Crippen molar-refractivity contribution in [2.75, 3.05) is 13.2 Å². The number of pyridine rings is 1. The summed E-state index contributed by atoms with van der Waals surface area (Å²) in [7, 11) is 0. The van der Waals surface area contributed by atoms with Crippen LogP contribution >= 0.6 is 11.6 Å². The van der Waals surface area contributed by atoms with Gasteiger partial charge >= 0.3 is 0 Å². The smallest absolute Gasteiger partial charge is 0.249 e. The molecule has 5 rings (SSSR count). The van der Waals surface area contributed by atoms with Crippen LogP contribution in [0.4, 0.5) is 8.78 Å². The van der Waals surface area contributed by atoms with Crippen LogP contribution in [0.15, 0.2) is 24.4 Å². The van der Waals surface area contributed by atoms with Crippen LogP contribution in [0.25, 0.3) is 26.8 Å². The molecule has 0 radical (unpaired) electrons. The molecule has 0 N–H and O–H groups in total. The van der Waals surface area contributed by atoms with Crippen LogP contribution in [0.2, 0.25) is 5.02 Å². The van der Waals surface area contributed by atoms with Crippen LogP contribution in [0.3, 0.4) is 0 Å². The number of nitrogens with zero attached hydrogens (tertiary/aromatic N) is 4. The van der Waals surface area contributed by atoms with Gasteiger partial charge in [0.05, 0.1) is 17.2 Å². The number of aromatic nitrogens is 3. The van der Waals surface area contributed by atoms with Gasteiger partial charge in [0, 0.05) is 48.2 Å². The van der Waals surface area contributed by atoms with Crippen LogP contribution < -0.4 is 0 Å². The molecule has 1 saturated heterocycles. The van der Waals surface area contributed by atoms with E-state index in [1.165, 1.54) is 0 Å². The number of rotatable bonds is 3. The van der Waals surface area contributed by atoms with E-state index in [1.807, 2.05) is 12.1 Å². The summed E-state index contributed by atoms with van der Waals surface area (Å²) in [5.74, 6) is -2.22. The first-order valence-corrected chi connectivity index (χ1v) is 10.1. The largest absolute Gasteiger partial charge is 0.370 e. The second kappa shape index (κ2) is 6.89. The predicted octanol–water partition coefficient (Wildman–Crippen LogP) is 5.39. The van der Waals surface area contributed by atoms with Gasteiger partial charge in [-0.05, 0) is 24.6 Å². The maximum Gasteiger partial charge on any atom is 0.249 e. The number of benzene rings is 1. The lowest BCUT2D eigenvalue weighted by molar-refractivity contribution is -0.0897. The van der Waals surface area contributed by atoms with Gasteiger partial charge in [0.2, 0.25) is 12.5 Å². The minimum Gasteiger partial charge on any atom is -0.370 e. The molecule has 5 nitrogen and oxygen atoms in total. The fraction of sp³-hybridized carbons (Fsp3) is 0.476. The lowest BCUT2D eigenvalue weighted by Crippen LogP contribution is -2.37. The Hall–Kier alpha value is -2.30. The lowest BCUT2D eigenvalue weighted by atomic mass is 9.80. The third-order valence-electron chi connectivity index (χ3n) is 5.96. The Balaban J connectivity index is 1.69. The van der Waals surface area contributed by atoms with Gasteiger partial charge in [-0.3, -0.25) is 4.98 Å². The standard InChI is InChI=1S/C21H19ClF2N4O/c1-25-10-15-7-14(4-5-29-15)28-19-16-6-13(22)2-3-17(16)26-11-18(19)27-20(28)12-8-21(23,24)9-12/h2-3,6,11-12,14-15H,4-5,7-10H2/t14-,15+/m1/s1. The summed E-state index contributed by atoms with van der Waals surface area (Å²) in [5.41, 5.74) is 2.37. The van der Waals surface area contributed by atoms with Crippen molar-refractivity contribution < 1.29 is 13.5 Å². The number of imidazole rings is 1. The minimum absolute atomic E-state index is 0.0364. The third kappa shape index (κ3) is 3.24. The van der Waals surface area contributed by atoms with Crippen molar-refractivity contribution in [1.82, 2.24) is 14.5 Å². The molecule has 0 bridgehead atoms. The first-order valence-electron chi connectivity index (χ1n) is 9.74. The number of hydrogen-bond acceptors (Lipinski definition) is 3. The summed E-state index contributed by atoms with van der Waals surface area (Å²) in [4.78, 5) is 12.7. The van der Waals surface area contributed by atoms with Gasteiger partial charge in [0.15, 0.2) is 0 Å². The molecule has 3 heterocycles. The maximum atomic E-state index is 13.7. The van der Waals surface area contributed by atoms with E-state index in [-0.39, 0.29) is 30.9 Å². The summed E-state index contributed by atoms with van der Waals surface area (Å²) in [6.45, 7) is 7.99. The normalized spacial score (nSPS) is 24.5. The fourth-order valence-corrected chi connectivity index (χ4v) is 4.76. The Kier molecular flexibility index (Phi) is 4.45. The zero-order valence-electron chi connectivity index (χ0n) is 15.6. The van der Waals surface area contributed by atoms with E-state index in [0.29, 0.717) is 35.9 Å². The number of alkyl halides is 2. The number of halogens is 3. The maximum absolute atomic E-state index is 13.7. The zero-order valence-corrected chi connectivity index (χ0v) is 16.4.